The van der Waals surface area contributed by atoms with Gasteiger partial charge in [-0.25, -0.2) is 0 Å². The summed E-state index contributed by atoms with van der Waals surface area (Å²) in [5, 5.41) is 12.4. The topological polar surface area (TPSA) is 69.6 Å². The number of likely N-dealkylation sites (tertiary alicyclic amines) is 1. The van der Waals surface area contributed by atoms with Crippen molar-refractivity contribution < 1.29 is 14.7 Å². The number of hydrogen-bond donors (Lipinski definition) is 2. The van der Waals surface area contributed by atoms with Gasteiger partial charge in [0.15, 0.2) is 0 Å². The lowest BCUT2D eigenvalue weighted by molar-refractivity contribution is -0.129. The molecule has 0 spiro atoms. The van der Waals surface area contributed by atoms with Crippen molar-refractivity contribution >= 4 is 11.8 Å². The predicted octanol–water partition coefficient (Wildman–Crippen LogP) is 0.400. The van der Waals surface area contributed by atoms with Crippen molar-refractivity contribution in [2.24, 2.45) is 0 Å². The maximum absolute atomic E-state index is 11.9. The van der Waals surface area contributed by atoms with Gasteiger partial charge in [0.25, 0.3) is 5.91 Å². The predicted molar refractivity (Wildman–Crippen MR) is 70.6 cm³/mol. The number of carbonyl (C=O) groups is 2. The molecule has 0 aliphatic carbocycles. The number of benzene rings is 1. The molecule has 2 amide bonds. The Morgan fingerprint density at radius 1 is 1.37 bits per heavy atom. The molecule has 1 aliphatic heterocycles. The van der Waals surface area contributed by atoms with Crippen LogP contribution < -0.4 is 5.32 Å². The Morgan fingerprint density at radius 3 is 2.63 bits per heavy atom. The van der Waals surface area contributed by atoms with Gasteiger partial charge in [0.05, 0.1) is 12.1 Å². The van der Waals surface area contributed by atoms with E-state index in [0.717, 1.165) is 0 Å². The summed E-state index contributed by atoms with van der Waals surface area (Å²) in [6.07, 6.45) is 0.575. The molecular weight excluding hydrogens is 244 g/mol. The van der Waals surface area contributed by atoms with E-state index in [-0.39, 0.29) is 18.4 Å². The zero-order valence-corrected chi connectivity index (χ0v) is 10.9. The number of carbonyl (C=O) groups excluding carboxylic acids is 2. The molecule has 19 heavy (non-hydrogen) atoms. The summed E-state index contributed by atoms with van der Waals surface area (Å²) in [5.74, 6) is -0.429. The van der Waals surface area contributed by atoms with Crippen molar-refractivity contribution in [3.8, 4) is 0 Å². The van der Waals surface area contributed by atoms with Crippen LogP contribution in [0.5, 0.6) is 0 Å². The van der Waals surface area contributed by atoms with Crippen molar-refractivity contribution in [1.82, 2.24) is 10.2 Å². The van der Waals surface area contributed by atoms with Crippen LogP contribution in [0.1, 0.15) is 23.7 Å². The van der Waals surface area contributed by atoms with Crippen LogP contribution in [0.3, 0.4) is 0 Å². The molecule has 1 heterocycles. The van der Waals surface area contributed by atoms with Gasteiger partial charge in [-0.3, -0.25) is 9.59 Å². The third-order valence-corrected chi connectivity index (χ3v) is 3.24. The highest BCUT2D eigenvalue weighted by Crippen LogP contribution is 2.19. The zero-order chi connectivity index (χ0) is 13.9. The third kappa shape index (κ3) is 3.54. The Morgan fingerprint density at radius 2 is 2.05 bits per heavy atom. The number of nitrogens with zero attached hydrogens (tertiary/aromatic N) is 1. The quantitative estimate of drug-likeness (QED) is 0.828. The first-order valence-electron chi connectivity index (χ1n) is 6.31. The first kappa shape index (κ1) is 13.5. The van der Waals surface area contributed by atoms with Crippen LogP contribution >= 0.6 is 0 Å². The van der Waals surface area contributed by atoms with Crippen LogP contribution in [0.4, 0.5) is 0 Å². The average Bonchev–Trinajstić information content (AvgIpc) is 2.77. The number of hydrogen-bond acceptors (Lipinski definition) is 3. The lowest BCUT2D eigenvalue weighted by Crippen LogP contribution is -2.40. The van der Waals surface area contributed by atoms with Crippen LogP contribution in [0.2, 0.25) is 0 Å². The molecule has 5 nitrogen and oxygen atoms in total. The van der Waals surface area contributed by atoms with E-state index in [1.165, 1.54) is 0 Å². The summed E-state index contributed by atoms with van der Waals surface area (Å²) >= 11 is 0. The summed E-state index contributed by atoms with van der Waals surface area (Å²) in [6.45, 7) is 2.53. The Kier molecular flexibility index (Phi) is 3.85. The van der Waals surface area contributed by atoms with Gasteiger partial charge >= 0.3 is 0 Å². The first-order valence-corrected chi connectivity index (χ1v) is 6.31. The second-order valence-electron chi connectivity index (χ2n) is 5.11. The highest BCUT2D eigenvalue weighted by Gasteiger charge is 2.33. The molecule has 1 aromatic rings. The van der Waals surface area contributed by atoms with Gasteiger partial charge in [-0.2, -0.15) is 0 Å². The van der Waals surface area contributed by atoms with Gasteiger partial charge < -0.3 is 15.3 Å². The molecule has 2 rings (SSSR count). The van der Waals surface area contributed by atoms with Crippen LogP contribution in [0, 0.1) is 0 Å². The SMILES string of the molecule is CC1(O)CCN(C(=O)CNC(=O)c2ccccc2)C1. The molecule has 1 atom stereocenters. The summed E-state index contributed by atoms with van der Waals surface area (Å²) < 4.78 is 0. The number of β-amino-alcohol motifs (C(OH)–C–C–N with tert-alkyl or cyclic N) is 1. The Labute approximate surface area is 112 Å². The molecule has 2 N–H and O–H groups in total. The average molecular weight is 262 g/mol. The van der Waals surface area contributed by atoms with E-state index in [2.05, 4.69) is 5.32 Å². The van der Waals surface area contributed by atoms with Crippen LogP contribution in [-0.2, 0) is 4.79 Å². The van der Waals surface area contributed by atoms with Crippen molar-refractivity contribution in [2.75, 3.05) is 19.6 Å². The standard InChI is InChI=1S/C14H18N2O3/c1-14(19)7-8-16(10-14)12(17)9-15-13(18)11-5-3-2-4-6-11/h2-6,19H,7-10H2,1H3,(H,15,18). The molecule has 1 saturated heterocycles. The van der Waals surface area contributed by atoms with Crippen molar-refractivity contribution in [3.05, 3.63) is 35.9 Å². The van der Waals surface area contributed by atoms with E-state index in [1.54, 1.807) is 36.1 Å². The first-order chi connectivity index (χ1) is 8.98. The Hall–Kier alpha value is -1.88. The number of nitrogens with one attached hydrogen (secondary N) is 1. The zero-order valence-electron chi connectivity index (χ0n) is 10.9. The summed E-state index contributed by atoms with van der Waals surface area (Å²) in [7, 11) is 0. The maximum atomic E-state index is 11.9. The van der Waals surface area contributed by atoms with E-state index >= 15 is 0 Å². The van der Waals surface area contributed by atoms with Gasteiger partial charge in [-0.1, -0.05) is 18.2 Å². The normalized spacial score (nSPS) is 22.3. The van der Waals surface area contributed by atoms with Gasteiger partial charge in [0.1, 0.15) is 0 Å². The van der Waals surface area contributed by atoms with E-state index < -0.39 is 5.60 Å². The molecule has 1 aromatic carbocycles. The molecule has 0 aromatic heterocycles. The molecule has 1 unspecified atom stereocenters. The molecular formula is C14H18N2O3. The van der Waals surface area contributed by atoms with Gasteiger partial charge in [0.2, 0.25) is 5.91 Å². The van der Waals surface area contributed by atoms with Crippen LogP contribution in [0.25, 0.3) is 0 Å². The fraction of sp³-hybridized carbons (Fsp3) is 0.429. The minimum Gasteiger partial charge on any atom is -0.388 e. The maximum Gasteiger partial charge on any atom is 0.251 e. The molecule has 1 fully saturated rings. The van der Waals surface area contributed by atoms with Gasteiger partial charge in [-0.05, 0) is 25.5 Å². The summed E-state index contributed by atoms with van der Waals surface area (Å²) in [6, 6.07) is 8.76. The minimum atomic E-state index is -0.806. The van der Waals surface area contributed by atoms with Crippen molar-refractivity contribution in [1.29, 1.82) is 0 Å². The third-order valence-electron chi connectivity index (χ3n) is 3.24. The lowest BCUT2D eigenvalue weighted by atomic mass is 10.1. The van der Waals surface area contributed by atoms with E-state index in [9.17, 15) is 14.7 Å². The number of aliphatic hydroxyl groups is 1. The monoisotopic (exact) mass is 262 g/mol. The van der Waals surface area contributed by atoms with Crippen molar-refractivity contribution in [3.63, 3.8) is 0 Å². The van der Waals surface area contributed by atoms with E-state index in [1.807, 2.05) is 6.07 Å². The largest absolute Gasteiger partial charge is 0.388 e. The minimum absolute atomic E-state index is 0.0379. The fourth-order valence-corrected chi connectivity index (χ4v) is 2.12. The fourth-order valence-electron chi connectivity index (χ4n) is 2.12. The smallest absolute Gasteiger partial charge is 0.251 e. The number of amides is 2. The molecule has 0 radical (unpaired) electrons. The molecule has 1 aliphatic rings. The highest BCUT2D eigenvalue weighted by molar-refractivity contribution is 5.96. The highest BCUT2D eigenvalue weighted by atomic mass is 16.3. The second-order valence-corrected chi connectivity index (χ2v) is 5.11. The lowest BCUT2D eigenvalue weighted by Gasteiger charge is -2.19. The summed E-state index contributed by atoms with van der Waals surface area (Å²) in [5.41, 5.74) is -0.275. The van der Waals surface area contributed by atoms with Crippen LogP contribution in [0.15, 0.2) is 30.3 Å². The second kappa shape index (κ2) is 5.40. The molecule has 102 valence electrons. The Balaban J connectivity index is 1.83. The van der Waals surface area contributed by atoms with Crippen molar-refractivity contribution in [2.45, 2.75) is 18.9 Å². The molecule has 0 saturated carbocycles. The molecule has 0 bridgehead atoms. The molecule has 5 heteroatoms. The van der Waals surface area contributed by atoms with E-state index in [0.29, 0.717) is 25.1 Å². The van der Waals surface area contributed by atoms with Crippen LogP contribution in [-0.4, -0.2) is 47.1 Å². The van der Waals surface area contributed by atoms with E-state index in [4.69, 9.17) is 0 Å². The summed E-state index contributed by atoms with van der Waals surface area (Å²) in [4.78, 5) is 25.2. The van der Waals surface area contributed by atoms with Gasteiger partial charge in [0, 0.05) is 18.7 Å². The number of rotatable bonds is 3. The van der Waals surface area contributed by atoms with Gasteiger partial charge in [-0.15, -0.1) is 0 Å². The Bertz CT molecular complexity index is 471.